The van der Waals surface area contributed by atoms with E-state index in [1.165, 1.54) is 13.3 Å². The van der Waals surface area contributed by atoms with E-state index in [9.17, 15) is 0 Å². The molecule has 1 aromatic rings. The normalized spacial score (nSPS) is 11.4. The van der Waals surface area contributed by atoms with Gasteiger partial charge in [0.05, 0.1) is 18.4 Å². The van der Waals surface area contributed by atoms with Crippen molar-refractivity contribution in [3.63, 3.8) is 0 Å². The summed E-state index contributed by atoms with van der Waals surface area (Å²) in [6.07, 6.45) is 2.13. The number of methoxy groups -OCH3 is 1. The zero-order chi connectivity index (χ0) is 10.6. The van der Waals surface area contributed by atoms with Crippen molar-refractivity contribution in [3.05, 3.63) is 17.5 Å². The second kappa shape index (κ2) is 4.40. The van der Waals surface area contributed by atoms with Gasteiger partial charge in [0.2, 0.25) is 0 Å². The van der Waals surface area contributed by atoms with Gasteiger partial charge in [-0.3, -0.25) is 0 Å². The third-order valence-corrected chi connectivity index (χ3v) is 1.75. The zero-order valence-electron chi connectivity index (χ0n) is 8.06. The molecular formula is C8H12N4O2. The van der Waals surface area contributed by atoms with Crippen LogP contribution < -0.4 is 10.5 Å². The predicted molar refractivity (Wildman–Crippen MR) is 50.5 cm³/mol. The SMILES string of the molecule is CCc1nc(OC)ncc1/C(N)=N\O. The van der Waals surface area contributed by atoms with Crippen LogP contribution in [0.15, 0.2) is 11.4 Å². The molecule has 1 heterocycles. The largest absolute Gasteiger partial charge is 0.467 e. The molecule has 0 aliphatic rings. The number of nitrogens with two attached hydrogens (primary N) is 1. The van der Waals surface area contributed by atoms with Gasteiger partial charge in [0.25, 0.3) is 0 Å². The first kappa shape index (κ1) is 10.2. The topological polar surface area (TPSA) is 93.6 Å². The van der Waals surface area contributed by atoms with Crippen LogP contribution in [0.4, 0.5) is 0 Å². The van der Waals surface area contributed by atoms with Gasteiger partial charge < -0.3 is 15.7 Å². The van der Waals surface area contributed by atoms with Crippen LogP contribution in [-0.2, 0) is 6.42 Å². The van der Waals surface area contributed by atoms with Gasteiger partial charge in [-0.2, -0.15) is 4.98 Å². The molecule has 0 aromatic carbocycles. The van der Waals surface area contributed by atoms with Crippen molar-refractivity contribution in [2.24, 2.45) is 10.9 Å². The molecule has 3 N–H and O–H groups in total. The first-order chi connectivity index (χ1) is 6.72. The van der Waals surface area contributed by atoms with Crippen molar-refractivity contribution in [1.82, 2.24) is 9.97 Å². The Balaban J connectivity index is 3.18. The fourth-order valence-electron chi connectivity index (χ4n) is 1.03. The highest BCUT2D eigenvalue weighted by atomic mass is 16.5. The Hall–Kier alpha value is -1.85. The number of aromatic nitrogens is 2. The Morgan fingerprint density at radius 1 is 1.71 bits per heavy atom. The van der Waals surface area contributed by atoms with Crippen LogP contribution in [0.3, 0.4) is 0 Å². The number of rotatable bonds is 3. The summed E-state index contributed by atoms with van der Waals surface area (Å²) in [5, 5.41) is 11.4. The molecule has 6 heteroatoms. The maximum Gasteiger partial charge on any atom is 0.316 e. The summed E-state index contributed by atoms with van der Waals surface area (Å²) < 4.78 is 4.86. The molecule has 0 spiro atoms. The quantitative estimate of drug-likeness (QED) is 0.310. The van der Waals surface area contributed by atoms with E-state index in [4.69, 9.17) is 15.7 Å². The number of hydrogen-bond acceptors (Lipinski definition) is 5. The van der Waals surface area contributed by atoms with Crippen molar-refractivity contribution in [1.29, 1.82) is 0 Å². The summed E-state index contributed by atoms with van der Waals surface area (Å²) >= 11 is 0. The van der Waals surface area contributed by atoms with E-state index in [1.807, 2.05) is 6.92 Å². The van der Waals surface area contributed by atoms with Crippen LogP contribution in [0.25, 0.3) is 0 Å². The molecule has 1 aromatic heterocycles. The second-order valence-corrected chi connectivity index (χ2v) is 2.56. The van der Waals surface area contributed by atoms with Crippen LogP contribution in [0, 0.1) is 0 Å². The molecule has 14 heavy (non-hydrogen) atoms. The molecule has 0 bridgehead atoms. The van der Waals surface area contributed by atoms with E-state index >= 15 is 0 Å². The van der Waals surface area contributed by atoms with Gasteiger partial charge in [0.15, 0.2) is 5.84 Å². The van der Waals surface area contributed by atoms with Crippen LogP contribution in [-0.4, -0.2) is 28.1 Å². The fraction of sp³-hybridized carbons (Fsp3) is 0.375. The highest BCUT2D eigenvalue weighted by molar-refractivity contribution is 5.97. The van der Waals surface area contributed by atoms with Gasteiger partial charge in [0, 0.05) is 6.20 Å². The summed E-state index contributed by atoms with van der Waals surface area (Å²) in [4.78, 5) is 7.94. The van der Waals surface area contributed by atoms with Crippen LogP contribution >= 0.6 is 0 Å². The van der Waals surface area contributed by atoms with Crippen LogP contribution in [0.5, 0.6) is 6.01 Å². The lowest BCUT2D eigenvalue weighted by molar-refractivity contribution is 0.318. The molecule has 0 atom stereocenters. The minimum absolute atomic E-state index is 0.00417. The number of amidine groups is 1. The first-order valence-electron chi connectivity index (χ1n) is 4.10. The Labute approximate surface area is 81.4 Å². The van der Waals surface area contributed by atoms with Crippen molar-refractivity contribution in [3.8, 4) is 6.01 Å². The summed E-state index contributed by atoms with van der Waals surface area (Å²) in [5.74, 6) is 0.00417. The lowest BCUT2D eigenvalue weighted by Gasteiger charge is -2.05. The lowest BCUT2D eigenvalue weighted by Crippen LogP contribution is -2.17. The maximum absolute atomic E-state index is 8.51. The molecule has 0 saturated heterocycles. The van der Waals surface area contributed by atoms with Gasteiger partial charge in [-0.05, 0) is 6.42 Å². The van der Waals surface area contributed by atoms with E-state index in [0.717, 1.165) is 0 Å². The van der Waals surface area contributed by atoms with E-state index in [-0.39, 0.29) is 11.8 Å². The van der Waals surface area contributed by atoms with Crippen LogP contribution in [0.2, 0.25) is 0 Å². The zero-order valence-corrected chi connectivity index (χ0v) is 8.06. The standard InChI is InChI=1S/C8H12N4O2/c1-3-6-5(7(9)12-13)4-10-8(11-6)14-2/h4,13H,3H2,1-2H3,(H2,9,12). The van der Waals surface area contributed by atoms with Crippen molar-refractivity contribution in [2.75, 3.05) is 7.11 Å². The third-order valence-electron chi connectivity index (χ3n) is 1.75. The molecule has 0 amide bonds. The summed E-state index contributed by atoms with van der Waals surface area (Å²) in [7, 11) is 1.48. The molecule has 0 aliphatic carbocycles. The number of ether oxygens (including phenoxy) is 1. The van der Waals surface area contributed by atoms with Crippen LogP contribution in [0.1, 0.15) is 18.2 Å². The Kier molecular flexibility index (Phi) is 3.22. The number of hydrogen-bond donors (Lipinski definition) is 2. The molecular weight excluding hydrogens is 184 g/mol. The molecule has 0 fully saturated rings. The summed E-state index contributed by atoms with van der Waals surface area (Å²) in [5.41, 5.74) is 6.65. The van der Waals surface area contributed by atoms with Crippen molar-refractivity contribution in [2.45, 2.75) is 13.3 Å². The number of nitrogens with zero attached hydrogens (tertiary/aromatic N) is 3. The average molecular weight is 196 g/mol. The number of aryl methyl sites for hydroxylation is 1. The van der Waals surface area contributed by atoms with Gasteiger partial charge in [-0.15, -0.1) is 0 Å². The lowest BCUT2D eigenvalue weighted by atomic mass is 10.2. The second-order valence-electron chi connectivity index (χ2n) is 2.56. The summed E-state index contributed by atoms with van der Waals surface area (Å²) in [6, 6.07) is 0.274. The van der Waals surface area contributed by atoms with Crippen molar-refractivity contribution < 1.29 is 9.94 Å². The smallest absolute Gasteiger partial charge is 0.316 e. The molecule has 0 aliphatic heterocycles. The molecule has 0 radical (unpaired) electrons. The number of oxime groups is 1. The van der Waals surface area contributed by atoms with E-state index in [1.54, 1.807) is 0 Å². The molecule has 0 saturated carbocycles. The fourth-order valence-corrected chi connectivity index (χ4v) is 1.03. The summed E-state index contributed by atoms with van der Waals surface area (Å²) in [6.45, 7) is 1.91. The predicted octanol–water partition coefficient (Wildman–Crippen LogP) is 0.142. The van der Waals surface area contributed by atoms with E-state index in [2.05, 4.69) is 15.1 Å². The van der Waals surface area contributed by atoms with E-state index < -0.39 is 0 Å². The third kappa shape index (κ3) is 1.90. The average Bonchev–Trinajstić information content (AvgIpc) is 2.27. The Bertz CT molecular complexity index is 351. The Morgan fingerprint density at radius 2 is 2.43 bits per heavy atom. The highest BCUT2D eigenvalue weighted by Crippen LogP contribution is 2.09. The van der Waals surface area contributed by atoms with E-state index in [0.29, 0.717) is 17.7 Å². The molecule has 76 valence electrons. The first-order valence-corrected chi connectivity index (χ1v) is 4.10. The maximum atomic E-state index is 8.51. The van der Waals surface area contributed by atoms with Gasteiger partial charge in [-0.1, -0.05) is 12.1 Å². The molecule has 6 nitrogen and oxygen atoms in total. The monoisotopic (exact) mass is 196 g/mol. The Morgan fingerprint density at radius 3 is 2.93 bits per heavy atom. The molecule has 0 unspecified atom stereocenters. The van der Waals surface area contributed by atoms with Gasteiger partial charge >= 0.3 is 6.01 Å². The van der Waals surface area contributed by atoms with Crippen molar-refractivity contribution >= 4 is 5.84 Å². The highest BCUT2D eigenvalue weighted by Gasteiger charge is 2.09. The minimum Gasteiger partial charge on any atom is -0.467 e. The minimum atomic E-state index is 0.00417. The van der Waals surface area contributed by atoms with Gasteiger partial charge in [-0.25, -0.2) is 4.98 Å². The van der Waals surface area contributed by atoms with Gasteiger partial charge in [0.1, 0.15) is 0 Å². The molecule has 1 rings (SSSR count).